The van der Waals surface area contributed by atoms with Gasteiger partial charge >= 0.3 is 0 Å². The molecule has 7 heteroatoms. The second-order valence-electron chi connectivity index (χ2n) is 9.34. The standard InChI is InChI=1S/C22H33NO5S/c1-14(2)11-19(21(25)23-20-15(3)28-12-18(20)24)29(26,27)13-16-7-9-17(10-8-16)22(4,5)6/h7-10,14-15,19-20H,11-13H2,1-6H3,(H,23,25)/t15-,19-,20+/m0/s1. The first-order valence-electron chi connectivity index (χ1n) is 10.1. The Kier molecular flexibility index (Phi) is 7.28. The Morgan fingerprint density at radius 3 is 2.24 bits per heavy atom. The number of sulfone groups is 1. The first kappa shape index (κ1) is 23.5. The van der Waals surface area contributed by atoms with Crippen LogP contribution in [0.1, 0.15) is 59.1 Å². The van der Waals surface area contributed by atoms with Crippen molar-refractivity contribution in [3.05, 3.63) is 35.4 Å². The number of rotatable bonds is 7. The number of hydrogen-bond donors (Lipinski definition) is 1. The normalized spacial score (nSPS) is 21.4. The Bertz CT molecular complexity index is 837. The molecule has 1 aliphatic heterocycles. The molecule has 1 fully saturated rings. The van der Waals surface area contributed by atoms with Gasteiger partial charge in [-0.15, -0.1) is 0 Å². The first-order valence-corrected chi connectivity index (χ1v) is 11.8. The fourth-order valence-electron chi connectivity index (χ4n) is 3.38. The molecule has 0 radical (unpaired) electrons. The van der Waals surface area contributed by atoms with Crippen molar-refractivity contribution in [3.63, 3.8) is 0 Å². The number of Topliss-reactive ketones (excluding diaryl/α,β-unsaturated/α-hetero) is 1. The van der Waals surface area contributed by atoms with Crippen LogP contribution in [0, 0.1) is 5.92 Å². The largest absolute Gasteiger partial charge is 0.368 e. The van der Waals surface area contributed by atoms with Crippen LogP contribution in [0.15, 0.2) is 24.3 Å². The van der Waals surface area contributed by atoms with Crippen molar-refractivity contribution in [1.29, 1.82) is 0 Å². The number of carbonyl (C=O) groups excluding carboxylic acids is 2. The van der Waals surface area contributed by atoms with Crippen LogP contribution in [-0.2, 0) is 35.3 Å². The maximum atomic E-state index is 13.1. The van der Waals surface area contributed by atoms with Gasteiger partial charge in [-0.25, -0.2) is 8.42 Å². The lowest BCUT2D eigenvalue weighted by atomic mass is 9.87. The predicted octanol–water partition coefficient (Wildman–Crippen LogP) is 2.79. The molecule has 0 bridgehead atoms. The highest BCUT2D eigenvalue weighted by atomic mass is 32.2. The molecule has 1 heterocycles. The fraction of sp³-hybridized carbons (Fsp3) is 0.636. The van der Waals surface area contributed by atoms with Crippen LogP contribution in [-0.4, -0.2) is 44.1 Å². The van der Waals surface area contributed by atoms with E-state index in [1.54, 1.807) is 19.1 Å². The maximum absolute atomic E-state index is 13.1. The van der Waals surface area contributed by atoms with E-state index in [2.05, 4.69) is 26.1 Å². The highest BCUT2D eigenvalue weighted by Crippen LogP contribution is 2.24. The minimum Gasteiger partial charge on any atom is -0.368 e. The third-order valence-electron chi connectivity index (χ3n) is 5.20. The molecule has 0 aromatic heterocycles. The molecule has 6 nitrogen and oxygen atoms in total. The molecule has 1 amide bonds. The van der Waals surface area contributed by atoms with Gasteiger partial charge in [0.2, 0.25) is 5.91 Å². The molecule has 1 aromatic carbocycles. The van der Waals surface area contributed by atoms with Gasteiger partial charge in [0.05, 0.1) is 11.9 Å². The summed E-state index contributed by atoms with van der Waals surface area (Å²) in [4.78, 5) is 24.8. The van der Waals surface area contributed by atoms with E-state index in [4.69, 9.17) is 4.74 Å². The smallest absolute Gasteiger partial charge is 0.239 e. The molecule has 3 atom stereocenters. The second kappa shape index (κ2) is 8.96. The molecular weight excluding hydrogens is 390 g/mol. The third kappa shape index (κ3) is 6.12. The van der Waals surface area contributed by atoms with Crippen molar-refractivity contribution < 1.29 is 22.7 Å². The minimum atomic E-state index is -3.76. The molecule has 1 aromatic rings. The topological polar surface area (TPSA) is 89.5 Å². The van der Waals surface area contributed by atoms with Gasteiger partial charge in [0, 0.05) is 0 Å². The van der Waals surface area contributed by atoms with E-state index >= 15 is 0 Å². The fourth-order valence-corrected chi connectivity index (χ4v) is 5.31. The van der Waals surface area contributed by atoms with E-state index in [0.29, 0.717) is 5.56 Å². The minimum absolute atomic E-state index is 0.0109. The zero-order valence-electron chi connectivity index (χ0n) is 18.2. The number of hydrogen-bond acceptors (Lipinski definition) is 5. The van der Waals surface area contributed by atoms with Gasteiger partial charge in [0.25, 0.3) is 0 Å². The molecule has 1 saturated heterocycles. The average Bonchev–Trinajstić information content (AvgIpc) is 2.90. The third-order valence-corrected chi connectivity index (χ3v) is 7.21. The summed E-state index contributed by atoms with van der Waals surface area (Å²) in [6, 6.07) is 6.67. The van der Waals surface area contributed by atoms with Crippen LogP contribution in [0.4, 0.5) is 0 Å². The van der Waals surface area contributed by atoms with Crippen molar-refractivity contribution in [2.75, 3.05) is 6.61 Å². The van der Waals surface area contributed by atoms with Gasteiger partial charge in [0.1, 0.15) is 17.9 Å². The van der Waals surface area contributed by atoms with Crippen LogP contribution in [0.25, 0.3) is 0 Å². The van der Waals surface area contributed by atoms with Crippen LogP contribution in [0.3, 0.4) is 0 Å². The van der Waals surface area contributed by atoms with E-state index in [1.165, 1.54) is 0 Å². The summed E-state index contributed by atoms with van der Waals surface area (Å²) in [5.74, 6) is -1.06. The van der Waals surface area contributed by atoms with Crippen LogP contribution >= 0.6 is 0 Å². The van der Waals surface area contributed by atoms with E-state index in [1.807, 2.05) is 26.0 Å². The summed E-state index contributed by atoms with van der Waals surface area (Å²) in [6.45, 7) is 11.7. The Hall–Kier alpha value is -1.73. The second-order valence-corrected chi connectivity index (χ2v) is 11.5. The lowest BCUT2D eigenvalue weighted by Gasteiger charge is -2.23. The predicted molar refractivity (Wildman–Crippen MR) is 113 cm³/mol. The van der Waals surface area contributed by atoms with Crippen molar-refractivity contribution >= 4 is 21.5 Å². The maximum Gasteiger partial charge on any atom is 0.239 e. The highest BCUT2D eigenvalue weighted by molar-refractivity contribution is 7.92. The number of benzene rings is 1. The quantitative estimate of drug-likeness (QED) is 0.728. The lowest BCUT2D eigenvalue weighted by molar-refractivity contribution is -0.126. The molecule has 0 saturated carbocycles. The Morgan fingerprint density at radius 2 is 1.79 bits per heavy atom. The van der Waals surface area contributed by atoms with Gasteiger partial charge in [-0.1, -0.05) is 58.9 Å². The molecule has 29 heavy (non-hydrogen) atoms. The number of ether oxygens (including phenoxy) is 1. The Balaban J connectivity index is 2.21. The van der Waals surface area contributed by atoms with E-state index in [-0.39, 0.29) is 35.9 Å². The SMILES string of the molecule is CC(C)C[C@@H](C(=O)N[C@H]1C(=O)CO[C@H]1C)S(=O)(=O)Cc1ccc(C(C)(C)C)cc1. The number of amides is 1. The monoisotopic (exact) mass is 423 g/mol. The van der Waals surface area contributed by atoms with Crippen molar-refractivity contribution in [1.82, 2.24) is 5.32 Å². The van der Waals surface area contributed by atoms with Crippen LogP contribution in [0.2, 0.25) is 0 Å². The Labute approximate surface area is 174 Å². The molecule has 0 unspecified atom stereocenters. The molecule has 0 aliphatic carbocycles. The summed E-state index contributed by atoms with van der Waals surface area (Å²) in [5, 5.41) is 1.41. The van der Waals surface area contributed by atoms with Gasteiger partial charge < -0.3 is 10.1 Å². The van der Waals surface area contributed by atoms with Gasteiger partial charge in [-0.3, -0.25) is 9.59 Å². The summed E-state index contributed by atoms with van der Waals surface area (Å²) >= 11 is 0. The van der Waals surface area contributed by atoms with Gasteiger partial charge in [-0.2, -0.15) is 0 Å². The molecule has 1 N–H and O–H groups in total. The van der Waals surface area contributed by atoms with Crippen LogP contribution < -0.4 is 5.32 Å². The van der Waals surface area contributed by atoms with Gasteiger partial charge in [-0.05, 0) is 35.8 Å². The number of nitrogens with one attached hydrogen (secondary N) is 1. The zero-order valence-corrected chi connectivity index (χ0v) is 19.0. The van der Waals surface area contributed by atoms with Crippen molar-refractivity contribution in [2.45, 2.75) is 76.5 Å². The van der Waals surface area contributed by atoms with E-state index in [9.17, 15) is 18.0 Å². The van der Waals surface area contributed by atoms with E-state index in [0.717, 1.165) is 5.56 Å². The summed E-state index contributed by atoms with van der Waals surface area (Å²) < 4.78 is 31.5. The average molecular weight is 424 g/mol. The van der Waals surface area contributed by atoms with Crippen LogP contribution in [0.5, 0.6) is 0 Å². The molecular formula is C22H33NO5S. The summed E-state index contributed by atoms with van der Waals surface area (Å²) in [6.07, 6.45) is -0.261. The number of carbonyl (C=O) groups is 2. The summed E-state index contributed by atoms with van der Waals surface area (Å²) in [7, 11) is -3.76. The van der Waals surface area contributed by atoms with Crippen molar-refractivity contribution in [2.24, 2.45) is 5.92 Å². The zero-order chi connectivity index (χ0) is 22.0. The number of ketones is 1. The first-order chi connectivity index (χ1) is 13.3. The lowest BCUT2D eigenvalue weighted by Crippen LogP contribution is -2.50. The van der Waals surface area contributed by atoms with Crippen molar-refractivity contribution in [3.8, 4) is 0 Å². The summed E-state index contributed by atoms with van der Waals surface area (Å²) in [5.41, 5.74) is 1.74. The molecule has 2 rings (SSSR count). The Morgan fingerprint density at radius 1 is 1.21 bits per heavy atom. The highest BCUT2D eigenvalue weighted by Gasteiger charge is 2.39. The van der Waals surface area contributed by atoms with E-state index < -0.39 is 33.1 Å². The molecule has 162 valence electrons. The molecule has 1 aliphatic rings. The molecule has 0 spiro atoms. The van der Waals surface area contributed by atoms with Gasteiger partial charge in [0.15, 0.2) is 15.6 Å².